The quantitative estimate of drug-likeness (QED) is 0.519. The molecule has 0 aromatic rings. The molecular weight excluding hydrogens is 158 g/mol. The van der Waals surface area contributed by atoms with E-state index in [0.29, 0.717) is 0 Å². The fraction of sp³-hybridized carbons (Fsp3) is 0.833. The lowest BCUT2D eigenvalue weighted by Gasteiger charge is -2.22. The van der Waals surface area contributed by atoms with E-state index in [9.17, 15) is 0 Å². The second kappa shape index (κ2) is 4.80. The van der Waals surface area contributed by atoms with Crippen LogP contribution in [-0.2, 0) is 0 Å². The summed E-state index contributed by atoms with van der Waals surface area (Å²) in [5, 5.41) is 3.48. The molecule has 0 radical (unpaired) electrons. The zero-order valence-electron chi connectivity index (χ0n) is 9.27. The van der Waals surface area contributed by atoms with Crippen LogP contribution in [0.1, 0.15) is 46.5 Å². The first-order valence-corrected chi connectivity index (χ1v) is 5.49. The molecule has 13 heavy (non-hydrogen) atoms. The Morgan fingerprint density at radius 2 is 2.00 bits per heavy atom. The van der Waals surface area contributed by atoms with Crippen LogP contribution in [0, 0.1) is 5.92 Å². The molecular formula is C12H23N. The molecule has 0 aromatic heterocycles. The average Bonchev–Trinajstić information content (AvgIpc) is 1.90. The summed E-state index contributed by atoms with van der Waals surface area (Å²) in [7, 11) is 0. The molecule has 0 unspecified atom stereocenters. The Balaban J connectivity index is 1.97. The molecule has 0 heterocycles. The van der Waals surface area contributed by atoms with Gasteiger partial charge in [-0.05, 0) is 52.5 Å². The molecule has 0 bridgehead atoms. The first kappa shape index (κ1) is 10.8. The molecule has 0 amide bonds. The predicted octanol–water partition coefficient (Wildman–Crippen LogP) is 3.12. The number of rotatable bonds is 4. The number of hydrogen-bond donors (Lipinski definition) is 1. The van der Waals surface area contributed by atoms with E-state index in [1.165, 1.54) is 25.7 Å². The Morgan fingerprint density at radius 3 is 2.46 bits per heavy atom. The van der Waals surface area contributed by atoms with Gasteiger partial charge in [0.1, 0.15) is 0 Å². The van der Waals surface area contributed by atoms with Crippen molar-refractivity contribution < 1.29 is 0 Å². The van der Waals surface area contributed by atoms with Crippen molar-refractivity contribution in [2.45, 2.75) is 52.0 Å². The van der Waals surface area contributed by atoms with Gasteiger partial charge in [0, 0.05) is 5.54 Å². The van der Waals surface area contributed by atoms with Gasteiger partial charge < -0.3 is 5.32 Å². The molecule has 1 aliphatic rings. The Hall–Kier alpha value is -0.300. The van der Waals surface area contributed by atoms with Crippen molar-refractivity contribution in [2.24, 2.45) is 5.92 Å². The van der Waals surface area contributed by atoms with E-state index in [4.69, 9.17) is 0 Å². The van der Waals surface area contributed by atoms with E-state index in [1.54, 1.807) is 0 Å². The van der Waals surface area contributed by atoms with Gasteiger partial charge in [-0.15, -0.1) is 0 Å². The zero-order chi connectivity index (χ0) is 9.73. The first-order chi connectivity index (χ1) is 6.08. The van der Waals surface area contributed by atoms with Crippen LogP contribution in [0.4, 0.5) is 0 Å². The van der Waals surface area contributed by atoms with E-state index in [1.807, 2.05) is 0 Å². The summed E-state index contributed by atoms with van der Waals surface area (Å²) >= 11 is 0. The molecule has 1 saturated carbocycles. The second-order valence-electron chi connectivity index (χ2n) is 5.08. The molecule has 1 fully saturated rings. The van der Waals surface area contributed by atoms with Crippen molar-refractivity contribution in [2.75, 3.05) is 6.54 Å². The monoisotopic (exact) mass is 181 g/mol. The molecule has 76 valence electrons. The third-order valence-corrected chi connectivity index (χ3v) is 2.52. The Labute approximate surface area is 82.6 Å². The summed E-state index contributed by atoms with van der Waals surface area (Å²) in [6.45, 7) is 7.74. The highest BCUT2D eigenvalue weighted by atomic mass is 14.9. The molecule has 1 N–H and O–H groups in total. The number of nitrogens with one attached hydrogen (secondary N) is 1. The Morgan fingerprint density at radius 1 is 1.31 bits per heavy atom. The van der Waals surface area contributed by atoms with E-state index in [-0.39, 0.29) is 5.54 Å². The molecule has 0 aromatic carbocycles. The van der Waals surface area contributed by atoms with Gasteiger partial charge in [-0.3, -0.25) is 0 Å². The third kappa shape index (κ3) is 5.09. The van der Waals surface area contributed by atoms with Gasteiger partial charge in [0.15, 0.2) is 0 Å². The fourth-order valence-electron chi connectivity index (χ4n) is 1.45. The minimum absolute atomic E-state index is 0.268. The normalized spacial score (nSPS) is 19.3. The minimum atomic E-state index is 0.268. The lowest BCUT2D eigenvalue weighted by molar-refractivity contribution is 0.386. The molecule has 0 spiro atoms. The summed E-state index contributed by atoms with van der Waals surface area (Å²) in [4.78, 5) is 0. The van der Waals surface area contributed by atoms with Gasteiger partial charge in [0.2, 0.25) is 0 Å². The van der Waals surface area contributed by atoms with Gasteiger partial charge >= 0.3 is 0 Å². The summed E-state index contributed by atoms with van der Waals surface area (Å²) in [6.07, 6.45) is 10.2. The first-order valence-electron chi connectivity index (χ1n) is 5.49. The van der Waals surface area contributed by atoms with Crippen LogP contribution in [0.2, 0.25) is 0 Å². The number of hydrogen-bond acceptors (Lipinski definition) is 1. The van der Waals surface area contributed by atoms with Crippen molar-refractivity contribution in [1.82, 2.24) is 5.32 Å². The summed E-state index contributed by atoms with van der Waals surface area (Å²) < 4.78 is 0. The molecule has 1 rings (SSSR count). The van der Waals surface area contributed by atoms with Crippen LogP contribution in [0.3, 0.4) is 0 Å². The SMILES string of the molecule is CC(C)(C)NCC/C=C/C1CCC1. The lowest BCUT2D eigenvalue weighted by Crippen LogP contribution is -2.36. The average molecular weight is 181 g/mol. The van der Waals surface area contributed by atoms with Crippen LogP contribution in [-0.4, -0.2) is 12.1 Å². The largest absolute Gasteiger partial charge is 0.312 e. The highest BCUT2D eigenvalue weighted by molar-refractivity contribution is 4.93. The van der Waals surface area contributed by atoms with Crippen molar-refractivity contribution in [1.29, 1.82) is 0 Å². The van der Waals surface area contributed by atoms with Crippen LogP contribution < -0.4 is 5.32 Å². The third-order valence-electron chi connectivity index (χ3n) is 2.52. The van der Waals surface area contributed by atoms with Gasteiger partial charge in [-0.25, -0.2) is 0 Å². The smallest absolute Gasteiger partial charge is 0.00966 e. The standard InChI is InChI=1S/C12H23N/c1-12(2,3)13-10-5-4-7-11-8-6-9-11/h4,7,11,13H,5-6,8-10H2,1-3H3/b7-4+. The van der Waals surface area contributed by atoms with Crippen LogP contribution in [0.5, 0.6) is 0 Å². The molecule has 0 saturated heterocycles. The maximum Gasteiger partial charge on any atom is 0.00966 e. The van der Waals surface area contributed by atoms with E-state index in [2.05, 4.69) is 38.2 Å². The fourth-order valence-corrected chi connectivity index (χ4v) is 1.45. The van der Waals surface area contributed by atoms with E-state index >= 15 is 0 Å². The zero-order valence-corrected chi connectivity index (χ0v) is 9.27. The van der Waals surface area contributed by atoms with Crippen molar-refractivity contribution in [3.63, 3.8) is 0 Å². The molecule has 0 aliphatic heterocycles. The van der Waals surface area contributed by atoms with Crippen LogP contribution in [0.15, 0.2) is 12.2 Å². The van der Waals surface area contributed by atoms with Crippen LogP contribution in [0.25, 0.3) is 0 Å². The second-order valence-corrected chi connectivity index (χ2v) is 5.08. The van der Waals surface area contributed by atoms with Crippen molar-refractivity contribution in [3.8, 4) is 0 Å². The lowest BCUT2D eigenvalue weighted by atomic mass is 9.85. The maximum atomic E-state index is 3.48. The van der Waals surface area contributed by atoms with Crippen molar-refractivity contribution >= 4 is 0 Å². The minimum Gasteiger partial charge on any atom is -0.312 e. The highest BCUT2D eigenvalue weighted by Crippen LogP contribution is 2.27. The topological polar surface area (TPSA) is 12.0 Å². The van der Waals surface area contributed by atoms with Gasteiger partial charge in [0.05, 0.1) is 0 Å². The van der Waals surface area contributed by atoms with Gasteiger partial charge in [0.25, 0.3) is 0 Å². The van der Waals surface area contributed by atoms with E-state index < -0.39 is 0 Å². The molecule has 1 nitrogen and oxygen atoms in total. The number of allylic oxidation sites excluding steroid dienone is 1. The maximum absolute atomic E-state index is 3.48. The van der Waals surface area contributed by atoms with Crippen LogP contribution >= 0.6 is 0 Å². The molecule has 0 atom stereocenters. The highest BCUT2D eigenvalue weighted by Gasteiger charge is 2.13. The van der Waals surface area contributed by atoms with Gasteiger partial charge in [-0.1, -0.05) is 18.6 Å². The van der Waals surface area contributed by atoms with Crippen molar-refractivity contribution in [3.05, 3.63) is 12.2 Å². The Bertz CT molecular complexity index is 160. The summed E-state index contributed by atoms with van der Waals surface area (Å²) in [6, 6.07) is 0. The Kier molecular flexibility index (Phi) is 3.98. The molecule has 1 heteroatoms. The summed E-state index contributed by atoms with van der Waals surface area (Å²) in [5.74, 6) is 0.912. The van der Waals surface area contributed by atoms with Gasteiger partial charge in [-0.2, -0.15) is 0 Å². The predicted molar refractivity (Wildman–Crippen MR) is 58.9 cm³/mol. The molecule has 1 aliphatic carbocycles. The summed E-state index contributed by atoms with van der Waals surface area (Å²) in [5.41, 5.74) is 0.268. The van der Waals surface area contributed by atoms with E-state index in [0.717, 1.165) is 12.5 Å².